The quantitative estimate of drug-likeness (QED) is 0.713. The van der Waals surface area contributed by atoms with Gasteiger partial charge in [0.25, 0.3) is 0 Å². The van der Waals surface area contributed by atoms with Crippen molar-refractivity contribution in [2.45, 2.75) is 12.7 Å². The van der Waals surface area contributed by atoms with Gasteiger partial charge in [-0.05, 0) is 41.3 Å². The van der Waals surface area contributed by atoms with E-state index in [1.165, 1.54) is 22.4 Å². The Kier molecular flexibility index (Phi) is 3.93. The maximum Gasteiger partial charge on any atom is 0.152 e. The van der Waals surface area contributed by atoms with Crippen LogP contribution >= 0.6 is 0 Å². The molecular weight excluding hydrogens is 294 g/mol. The largest absolute Gasteiger partial charge is 0.353 e. The molecule has 1 aliphatic rings. The predicted molar refractivity (Wildman–Crippen MR) is 101 cm³/mol. The first kappa shape index (κ1) is 14.8. The molecule has 1 atom stereocenters. The van der Waals surface area contributed by atoms with Crippen LogP contribution in [0, 0.1) is 0 Å². The summed E-state index contributed by atoms with van der Waals surface area (Å²) in [6, 6.07) is 27.3. The molecular formula is C21H21N3. The third kappa shape index (κ3) is 2.86. The van der Waals surface area contributed by atoms with Gasteiger partial charge in [-0.25, -0.2) is 0 Å². The van der Waals surface area contributed by atoms with E-state index in [9.17, 15) is 0 Å². The highest BCUT2D eigenvalue weighted by atomic mass is 15.3. The van der Waals surface area contributed by atoms with Crippen LogP contribution in [0.5, 0.6) is 0 Å². The Morgan fingerprint density at radius 1 is 0.833 bits per heavy atom. The summed E-state index contributed by atoms with van der Waals surface area (Å²) in [7, 11) is 0. The molecule has 24 heavy (non-hydrogen) atoms. The highest BCUT2D eigenvalue weighted by Gasteiger charge is 2.23. The zero-order chi connectivity index (χ0) is 16.4. The van der Waals surface area contributed by atoms with Gasteiger partial charge in [0.1, 0.15) is 0 Å². The van der Waals surface area contributed by atoms with Crippen molar-refractivity contribution in [1.82, 2.24) is 0 Å². The number of rotatable bonds is 4. The monoisotopic (exact) mass is 315 g/mol. The number of benzene rings is 3. The fourth-order valence-corrected chi connectivity index (χ4v) is 3.32. The number of hydrogen-bond donors (Lipinski definition) is 2. The van der Waals surface area contributed by atoms with Gasteiger partial charge in [-0.2, -0.15) is 0 Å². The lowest BCUT2D eigenvalue weighted by Gasteiger charge is -2.28. The van der Waals surface area contributed by atoms with E-state index in [2.05, 4.69) is 83.0 Å². The normalized spacial score (nSPS) is 14.3. The summed E-state index contributed by atoms with van der Waals surface area (Å²) in [5.41, 5.74) is 12.5. The summed E-state index contributed by atoms with van der Waals surface area (Å²) in [6.07, 6.45) is 0.815. The van der Waals surface area contributed by atoms with Crippen LogP contribution in [-0.4, -0.2) is 12.8 Å². The second kappa shape index (κ2) is 6.38. The highest BCUT2D eigenvalue weighted by molar-refractivity contribution is 5.68. The fraction of sp³-hybridized carbons (Fsp3) is 0.143. The number of para-hydroxylation sites is 1. The maximum absolute atomic E-state index is 6.43. The molecule has 0 spiro atoms. The SMILES string of the molecule is NC(Nc1cccc(-c2ccccc2)c1)N1CCc2ccccc21. The summed E-state index contributed by atoms with van der Waals surface area (Å²) in [6.45, 7) is 0.950. The van der Waals surface area contributed by atoms with Crippen LogP contribution in [0.25, 0.3) is 11.1 Å². The summed E-state index contributed by atoms with van der Waals surface area (Å²) < 4.78 is 0. The molecule has 0 aromatic heterocycles. The number of anilines is 2. The standard InChI is InChI=1S/C21H21N3/c22-21(24-14-13-17-9-4-5-12-20(17)24)23-19-11-6-10-18(15-19)16-7-2-1-3-8-16/h1-12,15,21,23H,13-14,22H2. The number of nitrogens with one attached hydrogen (secondary N) is 1. The van der Waals surface area contributed by atoms with Crippen LogP contribution in [0.1, 0.15) is 5.56 Å². The number of nitrogens with two attached hydrogens (primary N) is 1. The number of nitrogens with zero attached hydrogens (tertiary/aromatic N) is 1. The topological polar surface area (TPSA) is 41.3 Å². The Bertz CT molecular complexity index is 829. The third-order valence-electron chi connectivity index (χ3n) is 4.54. The molecule has 1 heterocycles. The van der Waals surface area contributed by atoms with E-state index in [0.717, 1.165) is 18.7 Å². The van der Waals surface area contributed by atoms with Gasteiger partial charge >= 0.3 is 0 Å². The molecule has 0 aliphatic carbocycles. The van der Waals surface area contributed by atoms with Crippen molar-refractivity contribution in [3.05, 3.63) is 84.4 Å². The maximum atomic E-state index is 6.43. The van der Waals surface area contributed by atoms with Crippen molar-refractivity contribution < 1.29 is 0 Å². The first-order valence-corrected chi connectivity index (χ1v) is 8.33. The molecule has 0 saturated carbocycles. The van der Waals surface area contributed by atoms with Crippen LogP contribution < -0.4 is 16.0 Å². The van der Waals surface area contributed by atoms with E-state index < -0.39 is 0 Å². The molecule has 0 bridgehead atoms. The molecule has 120 valence electrons. The van der Waals surface area contributed by atoms with Gasteiger partial charge in [0, 0.05) is 17.9 Å². The van der Waals surface area contributed by atoms with Crippen molar-refractivity contribution in [2.75, 3.05) is 16.8 Å². The average molecular weight is 315 g/mol. The zero-order valence-electron chi connectivity index (χ0n) is 13.5. The van der Waals surface area contributed by atoms with Crippen LogP contribution in [-0.2, 0) is 6.42 Å². The lowest BCUT2D eigenvalue weighted by molar-refractivity contribution is 0.695. The summed E-state index contributed by atoms with van der Waals surface area (Å²) in [4.78, 5) is 2.23. The van der Waals surface area contributed by atoms with Crippen molar-refractivity contribution in [3.8, 4) is 11.1 Å². The number of hydrogen-bond acceptors (Lipinski definition) is 3. The van der Waals surface area contributed by atoms with Crippen molar-refractivity contribution in [1.29, 1.82) is 0 Å². The van der Waals surface area contributed by atoms with Crippen LogP contribution in [0.3, 0.4) is 0 Å². The molecule has 0 radical (unpaired) electrons. The van der Waals surface area contributed by atoms with E-state index in [-0.39, 0.29) is 6.29 Å². The molecule has 3 heteroatoms. The number of fused-ring (bicyclic) bond motifs is 1. The molecule has 1 aliphatic heterocycles. The average Bonchev–Trinajstić information content (AvgIpc) is 3.07. The van der Waals surface area contributed by atoms with Gasteiger partial charge in [-0.3, -0.25) is 5.73 Å². The van der Waals surface area contributed by atoms with E-state index in [1.807, 2.05) is 6.07 Å². The summed E-state index contributed by atoms with van der Waals surface area (Å²) in [5, 5.41) is 3.44. The second-order valence-electron chi connectivity index (χ2n) is 6.11. The van der Waals surface area contributed by atoms with Crippen LogP contribution in [0.2, 0.25) is 0 Å². The van der Waals surface area contributed by atoms with E-state index in [1.54, 1.807) is 0 Å². The van der Waals surface area contributed by atoms with E-state index in [0.29, 0.717) is 0 Å². The highest BCUT2D eigenvalue weighted by Crippen LogP contribution is 2.29. The van der Waals surface area contributed by atoms with Crippen molar-refractivity contribution in [3.63, 3.8) is 0 Å². The fourth-order valence-electron chi connectivity index (χ4n) is 3.32. The van der Waals surface area contributed by atoms with Gasteiger partial charge in [0.2, 0.25) is 0 Å². The van der Waals surface area contributed by atoms with Gasteiger partial charge in [0.15, 0.2) is 6.29 Å². The third-order valence-corrected chi connectivity index (χ3v) is 4.54. The molecule has 3 aromatic rings. The van der Waals surface area contributed by atoms with Gasteiger partial charge in [0.05, 0.1) is 0 Å². The molecule has 0 saturated heterocycles. The minimum absolute atomic E-state index is 0.236. The van der Waals surface area contributed by atoms with Gasteiger partial charge in [-0.1, -0.05) is 60.7 Å². The van der Waals surface area contributed by atoms with E-state index >= 15 is 0 Å². The zero-order valence-corrected chi connectivity index (χ0v) is 13.5. The Morgan fingerprint density at radius 2 is 1.58 bits per heavy atom. The molecule has 4 rings (SSSR count). The Hall–Kier alpha value is -2.78. The summed E-state index contributed by atoms with van der Waals surface area (Å²) in [5.74, 6) is 0. The van der Waals surface area contributed by atoms with E-state index in [4.69, 9.17) is 5.73 Å². The molecule has 0 amide bonds. The van der Waals surface area contributed by atoms with Gasteiger partial charge < -0.3 is 10.2 Å². The molecule has 3 nitrogen and oxygen atoms in total. The van der Waals surface area contributed by atoms with Crippen LogP contribution in [0.15, 0.2) is 78.9 Å². The lowest BCUT2D eigenvalue weighted by atomic mass is 10.1. The first-order valence-electron chi connectivity index (χ1n) is 8.33. The molecule has 1 unspecified atom stereocenters. The smallest absolute Gasteiger partial charge is 0.152 e. The van der Waals surface area contributed by atoms with Crippen LogP contribution in [0.4, 0.5) is 11.4 Å². The predicted octanol–water partition coefficient (Wildman–Crippen LogP) is 4.07. The Labute approximate surface area is 142 Å². The Balaban J connectivity index is 1.54. The second-order valence-corrected chi connectivity index (χ2v) is 6.11. The van der Waals surface area contributed by atoms with Crippen molar-refractivity contribution >= 4 is 11.4 Å². The summed E-state index contributed by atoms with van der Waals surface area (Å²) >= 11 is 0. The molecule has 3 aromatic carbocycles. The van der Waals surface area contributed by atoms with Crippen molar-refractivity contribution in [2.24, 2.45) is 5.73 Å². The minimum Gasteiger partial charge on any atom is -0.353 e. The van der Waals surface area contributed by atoms with Gasteiger partial charge in [-0.15, -0.1) is 0 Å². The lowest BCUT2D eigenvalue weighted by Crippen LogP contribution is -2.46. The Morgan fingerprint density at radius 3 is 2.46 bits per heavy atom. The molecule has 3 N–H and O–H groups in total. The minimum atomic E-state index is -0.236. The molecule has 0 fully saturated rings. The first-order chi connectivity index (χ1) is 11.8.